The predicted octanol–water partition coefficient (Wildman–Crippen LogP) is 5.15. The molecular formula is C25H23Cl2N5O. The van der Waals surface area contributed by atoms with Gasteiger partial charge in [-0.25, -0.2) is 4.68 Å². The molecule has 0 unspecified atom stereocenters. The van der Waals surface area contributed by atoms with Crippen LogP contribution in [0, 0.1) is 0 Å². The van der Waals surface area contributed by atoms with Crippen LogP contribution in [-0.4, -0.2) is 51.3 Å². The summed E-state index contributed by atoms with van der Waals surface area (Å²) in [6.45, 7) is 2.63. The first-order valence-corrected chi connectivity index (χ1v) is 11.5. The van der Waals surface area contributed by atoms with Gasteiger partial charge in [-0.15, -0.1) is 0 Å². The van der Waals surface area contributed by atoms with Crippen molar-refractivity contribution in [3.8, 4) is 17.1 Å². The van der Waals surface area contributed by atoms with Crippen molar-refractivity contribution in [2.75, 3.05) is 31.1 Å². The minimum absolute atomic E-state index is 0.0539. The number of hydrogen-bond acceptors (Lipinski definition) is 3. The Morgan fingerprint density at radius 3 is 2.39 bits per heavy atom. The zero-order chi connectivity index (χ0) is 22.9. The molecule has 0 aliphatic carbocycles. The topological polar surface area (TPSA) is 46.3 Å². The summed E-state index contributed by atoms with van der Waals surface area (Å²) in [4.78, 5) is 17.7. The molecule has 1 aliphatic heterocycles. The molecule has 2 aromatic carbocycles. The zero-order valence-electron chi connectivity index (χ0n) is 18.2. The Bertz CT molecular complexity index is 1300. The number of halogens is 2. The molecule has 1 fully saturated rings. The molecule has 0 N–H and O–H groups in total. The fraction of sp³-hybridized carbons (Fsp3) is 0.200. The number of benzene rings is 2. The van der Waals surface area contributed by atoms with Crippen LogP contribution in [0.4, 0.5) is 5.69 Å². The van der Waals surface area contributed by atoms with Crippen LogP contribution in [0.3, 0.4) is 0 Å². The molecule has 3 heterocycles. The first kappa shape index (κ1) is 21.6. The van der Waals surface area contributed by atoms with Crippen LogP contribution in [0.5, 0.6) is 0 Å². The SMILES string of the molecule is Cn1cccc1-c1cc(C(=O)N2CCN(c3ccccc3Cl)CC2)n(-c2cccc(Cl)c2)n1. The quantitative estimate of drug-likeness (QED) is 0.406. The van der Waals surface area contributed by atoms with E-state index >= 15 is 0 Å². The lowest BCUT2D eigenvalue weighted by Crippen LogP contribution is -2.49. The van der Waals surface area contributed by atoms with Gasteiger partial charge >= 0.3 is 0 Å². The number of anilines is 1. The van der Waals surface area contributed by atoms with E-state index in [4.69, 9.17) is 28.3 Å². The number of para-hydroxylation sites is 1. The van der Waals surface area contributed by atoms with Crippen LogP contribution in [0.15, 0.2) is 72.9 Å². The fourth-order valence-corrected chi connectivity index (χ4v) is 4.65. The highest BCUT2D eigenvalue weighted by Gasteiger charge is 2.27. The molecule has 0 atom stereocenters. The van der Waals surface area contributed by atoms with Crippen LogP contribution in [0.2, 0.25) is 10.0 Å². The molecule has 4 aromatic rings. The highest BCUT2D eigenvalue weighted by molar-refractivity contribution is 6.33. The molecule has 6 nitrogen and oxygen atoms in total. The number of carbonyl (C=O) groups is 1. The summed E-state index contributed by atoms with van der Waals surface area (Å²) in [7, 11) is 1.96. The van der Waals surface area contributed by atoms with E-state index in [9.17, 15) is 4.79 Å². The van der Waals surface area contributed by atoms with Gasteiger partial charge in [-0.1, -0.05) is 41.4 Å². The average molecular weight is 480 g/mol. The summed E-state index contributed by atoms with van der Waals surface area (Å²) in [5.74, 6) is -0.0539. The van der Waals surface area contributed by atoms with E-state index in [0.29, 0.717) is 36.9 Å². The molecule has 33 heavy (non-hydrogen) atoms. The molecule has 1 aliphatic rings. The van der Waals surface area contributed by atoms with Crippen molar-refractivity contribution in [2.45, 2.75) is 0 Å². The van der Waals surface area contributed by atoms with Crippen LogP contribution in [0.25, 0.3) is 17.1 Å². The van der Waals surface area contributed by atoms with Crippen molar-refractivity contribution >= 4 is 34.8 Å². The summed E-state index contributed by atoms with van der Waals surface area (Å²) >= 11 is 12.6. The van der Waals surface area contributed by atoms with E-state index in [1.165, 1.54) is 0 Å². The molecule has 5 rings (SSSR count). The van der Waals surface area contributed by atoms with Gasteiger partial charge in [-0.05, 0) is 48.5 Å². The van der Waals surface area contributed by atoms with E-state index in [1.807, 2.05) is 89.4 Å². The third-order valence-corrected chi connectivity index (χ3v) is 6.50. The molecular weight excluding hydrogens is 457 g/mol. The molecule has 8 heteroatoms. The minimum Gasteiger partial charge on any atom is -0.367 e. The van der Waals surface area contributed by atoms with Gasteiger partial charge < -0.3 is 14.4 Å². The second-order valence-corrected chi connectivity index (χ2v) is 8.89. The second kappa shape index (κ2) is 8.96. The van der Waals surface area contributed by atoms with Gasteiger partial charge in [0, 0.05) is 44.4 Å². The molecule has 1 saturated heterocycles. The van der Waals surface area contributed by atoms with E-state index in [-0.39, 0.29) is 5.91 Å². The highest BCUT2D eigenvalue weighted by atomic mass is 35.5. The first-order chi connectivity index (χ1) is 16.0. The Kier molecular flexibility index (Phi) is 5.87. The van der Waals surface area contributed by atoms with Gasteiger partial charge in [-0.3, -0.25) is 4.79 Å². The van der Waals surface area contributed by atoms with Crippen molar-refractivity contribution in [1.29, 1.82) is 0 Å². The monoisotopic (exact) mass is 479 g/mol. The Balaban J connectivity index is 1.44. The van der Waals surface area contributed by atoms with Crippen molar-refractivity contribution in [3.05, 3.63) is 88.7 Å². The van der Waals surface area contributed by atoms with Crippen LogP contribution < -0.4 is 4.90 Å². The highest BCUT2D eigenvalue weighted by Crippen LogP contribution is 2.28. The lowest BCUT2D eigenvalue weighted by atomic mass is 10.2. The molecule has 0 saturated carbocycles. The minimum atomic E-state index is -0.0539. The van der Waals surface area contributed by atoms with Crippen LogP contribution in [-0.2, 0) is 7.05 Å². The molecule has 0 radical (unpaired) electrons. The standard InChI is InChI=1S/C25H23Cl2N5O/c1-29-11-5-10-23(29)21-17-24(32(28-21)19-7-4-6-18(26)16-19)25(33)31-14-12-30(13-15-31)22-9-3-2-8-20(22)27/h2-11,16-17H,12-15H2,1H3. The van der Waals surface area contributed by atoms with E-state index in [2.05, 4.69) is 4.90 Å². The number of carbonyl (C=O) groups excluding carboxylic acids is 1. The van der Waals surface area contributed by atoms with E-state index in [1.54, 1.807) is 4.68 Å². The van der Waals surface area contributed by atoms with Gasteiger partial charge in [0.25, 0.3) is 5.91 Å². The first-order valence-electron chi connectivity index (χ1n) is 10.8. The molecule has 1 amide bonds. The molecule has 2 aromatic heterocycles. The lowest BCUT2D eigenvalue weighted by Gasteiger charge is -2.36. The van der Waals surface area contributed by atoms with Crippen LogP contribution in [0.1, 0.15) is 10.5 Å². The summed E-state index contributed by atoms with van der Waals surface area (Å²) in [6.07, 6.45) is 1.96. The van der Waals surface area contributed by atoms with Gasteiger partial charge in [-0.2, -0.15) is 5.10 Å². The Morgan fingerprint density at radius 1 is 0.909 bits per heavy atom. The molecule has 168 valence electrons. The van der Waals surface area contributed by atoms with Crippen LogP contribution >= 0.6 is 23.2 Å². The van der Waals surface area contributed by atoms with Gasteiger partial charge in [0.05, 0.1) is 22.1 Å². The third-order valence-electron chi connectivity index (χ3n) is 5.95. The summed E-state index contributed by atoms with van der Waals surface area (Å²) in [5.41, 5.74) is 3.94. The number of rotatable bonds is 4. The summed E-state index contributed by atoms with van der Waals surface area (Å²) in [5, 5.41) is 6.09. The number of amides is 1. The summed E-state index contributed by atoms with van der Waals surface area (Å²) < 4.78 is 3.68. The maximum Gasteiger partial charge on any atom is 0.272 e. The van der Waals surface area contributed by atoms with Crippen molar-refractivity contribution in [1.82, 2.24) is 19.2 Å². The summed E-state index contributed by atoms with van der Waals surface area (Å²) in [6, 6.07) is 21.0. The third kappa shape index (κ3) is 4.24. The lowest BCUT2D eigenvalue weighted by molar-refractivity contribution is 0.0737. The average Bonchev–Trinajstić information content (AvgIpc) is 3.45. The maximum absolute atomic E-state index is 13.6. The van der Waals surface area contributed by atoms with E-state index in [0.717, 1.165) is 27.8 Å². The molecule has 0 bridgehead atoms. The zero-order valence-corrected chi connectivity index (χ0v) is 19.7. The number of hydrogen-bond donors (Lipinski definition) is 0. The van der Waals surface area contributed by atoms with Gasteiger partial charge in [0.15, 0.2) is 0 Å². The number of piperazine rings is 1. The largest absolute Gasteiger partial charge is 0.367 e. The Morgan fingerprint density at radius 2 is 1.70 bits per heavy atom. The second-order valence-electron chi connectivity index (χ2n) is 8.04. The normalized spacial score (nSPS) is 14.0. The predicted molar refractivity (Wildman–Crippen MR) is 133 cm³/mol. The Labute approximate surface area is 202 Å². The maximum atomic E-state index is 13.6. The van der Waals surface area contributed by atoms with Crippen molar-refractivity contribution in [2.24, 2.45) is 7.05 Å². The number of aromatic nitrogens is 3. The van der Waals surface area contributed by atoms with Crippen molar-refractivity contribution in [3.63, 3.8) is 0 Å². The van der Waals surface area contributed by atoms with Crippen molar-refractivity contribution < 1.29 is 4.79 Å². The van der Waals surface area contributed by atoms with E-state index < -0.39 is 0 Å². The smallest absolute Gasteiger partial charge is 0.272 e. The van der Waals surface area contributed by atoms with Gasteiger partial charge in [0.1, 0.15) is 11.4 Å². The number of nitrogens with zero attached hydrogens (tertiary/aromatic N) is 5. The number of aryl methyl sites for hydroxylation is 1. The fourth-order valence-electron chi connectivity index (χ4n) is 4.21. The Hall–Kier alpha value is -3.22. The molecule has 0 spiro atoms. The van der Waals surface area contributed by atoms with Gasteiger partial charge in [0.2, 0.25) is 0 Å².